The summed E-state index contributed by atoms with van der Waals surface area (Å²) in [6, 6.07) is 3.38. The van der Waals surface area contributed by atoms with E-state index >= 15 is 0 Å². The molecule has 0 bridgehead atoms. The van der Waals surface area contributed by atoms with Gasteiger partial charge in [0.05, 0.1) is 11.9 Å². The highest BCUT2D eigenvalue weighted by Gasteiger charge is 2.37. The third-order valence-electron chi connectivity index (χ3n) is 2.58. The number of primary sulfonamides is 1. The van der Waals surface area contributed by atoms with Crippen molar-refractivity contribution in [1.82, 2.24) is 4.98 Å². The summed E-state index contributed by atoms with van der Waals surface area (Å²) in [4.78, 5) is 17.1. The summed E-state index contributed by atoms with van der Waals surface area (Å²) in [5.41, 5.74) is 0.573. The second-order valence-electron chi connectivity index (χ2n) is 3.76. The fraction of sp³-hybridized carbons (Fsp3) is 0.333. The molecule has 1 aromatic heterocycles. The van der Waals surface area contributed by atoms with Gasteiger partial charge >= 0.3 is 0 Å². The van der Waals surface area contributed by atoms with Gasteiger partial charge in [0, 0.05) is 13.0 Å². The standard InChI is InChI=1S/C9H10BrN3O3S/c10-8-2-1-6(4-12-8)13-5-7(3-9(13)14)17(11,15)16/h1-2,4,7H,3,5H2,(H2,11,15,16). The van der Waals surface area contributed by atoms with Gasteiger partial charge in [0.1, 0.15) is 9.85 Å². The quantitative estimate of drug-likeness (QED) is 0.790. The molecule has 1 fully saturated rings. The minimum atomic E-state index is -3.68. The Kier molecular flexibility index (Phi) is 3.19. The predicted octanol–water partition coefficient (Wildman–Crippen LogP) is 0.238. The number of carbonyl (C=O) groups is 1. The van der Waals surface area contributed by atoms with Gasteiger partial charge < -0.3 is 4.90 Å². The zero-order valence-electron chi connectivity index (χ0n) is 8.71. The van der Waals surface area contributed by atoms with Crippen molar-refractivity contribution in [1.29, 1.82) is 0 Å². The van der Waals surface area contributed by atoms with Crippen molar-refractivity contribution in [2.24, 2.45) is 5.14 Å². The summed E-state index contributed by atoms with van der Waals surface area (Å²) in [6.07, 6.45) is 1.43. The van der Waals surface area contributed by atoms with Crippen LogP contribution in [0.2, 0.25) is 0 Å². The maximum atomic E-state index is 11.7. The molecule has 1 atom stereocenters. The van der Waals surface area contributed by atoms with Crippen molar-refractivity contribution in [2.45, 2.75) is 11.7 Å². The molecule has 1 aromatic rings. The van der Waals surface area contributed by atoms with E-state index in [0.717, 1.165) is 0 Å². The van der Waals surface area contributed by atoms with Crippen molar-refractivity contribution in [2.75, 3.05) is 11.4 Å². The predicted molar refractivity (Wildman–Crippen MR) is 65.8 cm³/mol. The van der Waals surface area contributed by atoms with Crippen LogP contribution in [0.15, 0.2) is 22.9 Å². The van der Waals surface area contributed by atoms with Crippen LogP contribution < -0.4 is 10.0 Å². The van der Waals surface area contributed by atoms with E-state index in [4.69, 9.17) is 5.14 Å². The van der Waals surface area contributed by atoms with Gasteiger partial charge in [0.25, 0.3) is 0 Å². The minimum absolute atomic E-state index is 0.0745. The number of carbonyl (C=O) groups excluding carboxylic acids is 1. The third-order valence-corrected chi connectivity index (χ3v) is 4.29. The molecule has 1 saturated heterocycles. The van der Waals surface area contributed by atoms with Crippen LogP contribution in [0.3, 0.4) is 0 Å². The van der Waals surface area contributed by atoms with E-state index in [2.05, 4.69) is 20.9 Å². The Hall–Kier alpha value is -0.990. The summed E-state index contributed by atoms with van der Waals surface area (Å²) < 4.78 is 23.0. The Morgan fingerprint density at radius 1 is 1.47 bits per heavy atom. The highest BCUT2D eigenvalue weighted by molar-refractivity contribution is 9.10. The molecule has 1 aliphatic rings. The van der Waals surface area contributed by atoms with Crippen LogP contribution in [0.5, 0.6) is 0 Å². The molecule has 0 spiro atoms. The summed E-state index contributed by atoms with van der Waals surface area (Å²) in [6.45, 7) is 0.0843. The Bertz CT molecular complexity index is 543. The molecule has 2 heterocycles. The maximum Gasteiger partial charge on any atom is 0.228 e. The first-order chi connectivity index (χ1) is 7.88. The van der Waals surface area contributed by atoms with Gasteiger partial charge in [-0.3, -0.25) is 4.79 Å². The van der Waals surface area contributed by atoms with Gasteiger partial charge in [0.2, 0.25) is 15.9 Å². The van der Waals surface area contributed by atoms with Crippen molar-refractivity contribution >= 4 is 37.5 Å². The number of aromatic nitrogens is 1. The van der Waals surface area contributed by atoms with E-state index in [1.54, 1.807) is 12.1 Å². The molecule has 0 saturated carbocycles. The van der Waals surface area contributed by atoms with E-state index in [0.29, 0.717) is 10.3 Å². The zero-order valence-corrected chi connectivity index (χ0v) is 11.1. The van der Waals surface area contributed by atoms with Crippen LogP contribution in [0, 0.1) is 0 Å². The number of pyridine rings is 1. The van der Waals surface area contributed by atoms with Gasteiger partial charge in [0.15, 0.2) is 0 Å². The normalized spacial score (nSPS) is 20.9. The lowest BCUT2D eigenvalue weighted by Crippen LogP contribution is -2.32. The number of amides is 1. The molecule has 17 heavy (non-hydrogen) atoms. The van der Waals surface area contributed by atoms with Crippen LogP contribution >= 0.6 is 15.9 Å². The Morgan fingerprint density at radius 3 is 2.65 bits per heavy atom. The molecule has 2 rings (SSSR count). The molecule has 1 unspecified atom stereocenters. The summed E-state index contributed by atoms with van der Waals surface area (Å²) in [7, 11) is -3.68. The number of halogens is 1. The number of rotatable bonds is 2. The molecule has 0 radical (unpaired) electrons. The molecule has 92 valence electrons. The van der Waals surface area contributed by atoms with Gasteiger partial charge in [-0.05, 0) is 28.1 Å². The number of hydrogen-bond acceptors (Lipinski definition) is 4. The molecular weight excluding hydrogens is 310 g/mol. The van der Waals surface area contributed by atoms with Crippen LogP contribution in [0.25, 0.3) is 0 Å². The lowest BCUT2D eigenvalue weighted by molar-refractivity contribution is -0.117. The van der Waals surface area contributed by atoms with Gasteiger partial charge in [-0.2, -0.15) is 0 Å². The zero-order chi connectivity index (χ0) is 12.6. The summed E-state index contributed by atoms with van der Waals surface area (Å²) in [5.74, 6) is -0.256. The second kappa shape index (κ2) is 4.35. The van der Waals surface area contributed by atoms with Crippen molar-refractivity contribution in [3.05, 3.63) is 22.9 Å². The van der Waals surface area contributed by atoms with Crippen molar-refractivity contribution in [3.63, 3.8) is 0 Å². The first kappa shape index (κ1) is 12.5. The van der Waals surface area contributed by atoms with Crippen LogP contribution in [0.4, 0.5) is 5.69 Å². The topological polar surface area (TPSA) is 93.4 Å². The van der Waals surface area contributed by atoms with E-state index in [-0.39, 0.29) is 18.9 Å². The summed E-state index contributed by atoms with van der Waals surface area (Å²) >= 11 is 3.18. The van der Waals surface area contributed by atoms with E-state index in [9.17, 15) is 13.2 Å². The molecule has 1 aliphatic heterocycles. The largest absolute Gasteiger partial charge is 0.309 e. The fourth-order valence-corrected chi connectivity index (χ4v) is 2.64. The monoisotopic (exact) mass is 319 g/mol. The van der Waals surface area contributed by atoms with E-state index in [1.807, 2.05) is 0 Å². The lowest BCUT2D eigenvalue weighted by Gasteiger charge is -2.15. The average molecular weight is 320 g/mol. The molecular formula is C9H10BrN3O3S. The Labute approximate surface area is 107 Å². The minimum Gasteiger partial charge on any atom is -0.309 e. The maximum absolute atomic E-state index is 11.7. The molecule has 0 aliphatic carbocycles. The Balaban J connectivity index is 2.24. The highest BCUT2D eigenvalue weighted by atomic mass is 79.9. The van der Waals surface area contributed by atoms with E-state index in [1.165, 1.54) is 11.1 Å². The van der Waals surface area contributed by atoms with Crippen LogP contribution in [0.1, 0.15) is 6.42 Å². The molecule has 2 N–H and O–H groups in total. The fourth-order valence-electron chi connectivity index (χ4n) is 1.67. The molecule has 0 aromatic carbocycles. The first-order valence-electron chi connectivity index (χ1n) is 4.81. The van der Waals surface area contributed by atoms with E-state index < -0.39 is 15.3 Å². The number of sulfonamides is 1. The second-order valence-corrected chi connectivity index (χ2v) is 6.42. The first-order valence-corrected chi connectivity index (χ1v) is 7.21. The van der Waals surface area contributed by atoms with Crippen molar-refractivity contribution in [3.8, 4) is 0 Å². The highest BCUT2D eigenvalue weighted by Crippen LogP contribution is 2.24. The molecule has 6 nitrogen and oxygen atoms in total. The summed E-state index contributed by atoms with van der Waals surface area (Å²) in [5, 5.41) is 4.20. The van der Waals surface area contributed by atoms with Crippen molar-refractivity contribution < 1.29 is 13.2 Å². The lowest BCUT2D eigenvalue weighted by atomic mass is 10.4. The van der Waals surface area contributed by atoms with Gasteiger partial charge in [-0.15, -0.1) is 0 Å². The smallest absolute Gasteiger partial charge is 0.228 e. The third kappa shape index (κ3) is 2.64. The van der Waals surface area contributed by atoms with Crippen LogP contribution in [-0.4, -0.2) is 31.1 Å². The number of nitrogens with zero attached hydrogens (tertiary/aromatic N) is 2. The SMILES string of the molecule is NS(=O)(=O)C1CC(=O)N(c2ccc(Br)nc2)C1. The number of anilines is 1. The van der Waals surface area contributed by atoms with Crippen LogP contribution in [-0.2, 0) is 14.8 Å². The molecule has 8 heteroatoms. The Morgan fingerprint density at radius 2 is 2.18 bits per heavy atom. The molecule has 1 amide bonds. The number of nitrogens with two attached hydrogens (primary N) is 1. The number of hydrogen-bond donors (Lipinski definition) is 1. The van der Waals surface area contributed by atoms with Gasteiger partial charge in [-0.1, -0.05) is 0 Å². The average Bonchev–Trinajstić information content (AvgIpc) is 2.61. The van der Waals surface area contributed by atoms with Gasteiger partial charge in [-0.25, -0.2) is 18.5 Å².